The molecule has 3 heterocycles. The number of carbonyl (C=O) groups is 1. The highest BCUT2D eigenvalue weighted by atomic mass is 35.5. The van der Waals surface area contributed by atoms with Crippen LogP contribution >= 0.6 is 11.6 Å². The molecular formula is C22H27ClN4O3. The van der Waals surface area contributed by atoms with Crippen LogP contribution in [0.25, 0.3) is 11.1 Å². The van der Waals surface area contributed by atoms with E-state index in [2.05, 4.69) is 27.0 Å². The number of nitrogens with zero attached hydrogens (tertiary/aromatic N) is 1. The quantitative estimate of drug-likeness (QED) is 0.563. The lowest BCUT2D eigenvalue weighted by Gasteiger charge is -2.22. The van der Waals surface area contributed by atoms with Crippen molar-refractivity contribution in [1.29, 1.82) is 0 Å². The number of rotatable bonds is 6. The van der Waals surface area contributed by atoms with E-state index in [0.717, 1.165) is 49.4 Å². The lowest BCUT2D eigenvalue weighted by molar-refractivity contribution is -0.121. The molecular weight excluding hydrogens is 404 g/mol. The Hall–Kier alpha value is -2.19. The predicted molar refractivity (Wildman–Crippen MR) is 118 cm³/mol. The number of amides is 1. The van der Waals surface area contributed by atoms with Gasteiger partial charge in [0, 0.05) is 50.3 Å². The summed E-state index contributed by atoms with van der Waals surface area (Å²) in [6.07, 6.45) is 3.02. The summed E-state index contributed by atoms with van der Waals surface area (Å²) in [6, 6.07) is 9.83. The van der Waals surface area contributed by atoms with Gasteiger partial charge in [-0.2, -0.15) is 0 Å². The average molecular weight is 431 g/mol. The summed E-state index contributed by atoms with van der Waals surface area (Å²) in [5.41, 5.74) is 2.76. The number of hydrogen-bond donors (Lipinski definition) is 4. The molecule has 2 aromatic rings. The number of halogens is 1. The van der Waals surface area contributed by atoms with Gasteiger partial charge in [0.2, 0.25) is 5.91 Å². The molecule has 0 unspecified atom stereocenters. The van der Waals surface area contributed by atoms with Crippen molar-refractivity contribution in [2.75, 3.05) is 43.5 Å². The average Bonchev–Trinajstić information content (AvgIpc) is 3.20. The Kier molecular flexibility index (Phi) is 6.84. The molecule has 1 aromatic carbocycles. The number of nitrogens with one attached hydrogen (secondary N) is 3. The van der Waals surface area contributed by atoms with Crippen molar-refractivity contribution in [2.45, 2.75) is 18.9 Å². The lowest BCUT2D eigenvalue weighted by Crippen LogP contribution is -2.31. The Morgan fingerprint density at radius 1 is 1.27 bits per heavy atom. The number of aliphatic hydroxyl groups excluding tert-OH is 1. The minimum atomic E-state index is -0.685. The predicted octanol–water partition coefficient (Wildman–Crippen LogP) is 2.76. The highest BCUT2D eigenvalue weighted by Crippen LogP contribution is 2.31. The Labute approximate surface area is 181 Å². The van der Waals surface area contributed by atoms with Crippen molar-refractivity contribution < 1.29 is 14.6 Å². The Bertz CT molecular complexity index is 888. The Morgan fingerprint density at radius 3 is 2.87 bits per heavy atom. The second-order valence-corrected chi connectivity index (χ2v) is 8.30. The van der Waals surface area contributed by atoms with Crippen LogP contribution in [0.4, 0.5) is 11.5 Å². The zero-order chi connectivity index (χ0) is 20.9. The topological polar surface area (TPSA) is 95.5 Å². The highest BCUT2D eigenvalue weighted by molar-refractivity contribution is 6.33. The fourth-order valence-electron chi connectivity index (χ4n) is 3.89. The molecule has 0 aliphatic carbocycles. The van der Waals surface area contributed by atoms with Crippen LogP contribution in [-0.4, -0.2) is 54.9 Å². The van der Waals surface area contributed by atoms with Crippen molar-refractivity contribution in [3.8, 4) is 11.1 Å². The Morgan fingerprint density at radius 2 is 2.10 bits per heavy atom. The molecule has 7 nitrogen and oxygen atoms in total. The first-order valence-electron chi connectivity index (χ1n) is 10.4. The normalized spacial score (nSPS) is 22.1. The van der Waals surface area contributed by atoms with Crippen molar-refractivity contribution in [3.05, 3.63) is 41.6 Å². The third-order valence-electron chi connectivity index (χ3n) is 5.73. The van der Waals surface area contributed by atoms with Gasteiger partial charge in [-0.3, -0.25) is 4.79 Å². The van der Waals surface area contributed by atoms with Gasteiger partial charge in [-0.15, -0.1) is 0 Å². The van der Waals surface area contributed by atoms with Crippen molar-refractivity contribution in [3.63, 3.8) is 0 Å². The smallest absolute Gasteiger partial charge is 0.232 e. The third-order valence-corrected chi connectivity index (χ3v) is 6.04. The maximum Gasteiger partial charge on any atom is 0.232 e. The second-order valence-electron chi connectivity index (χ2n) is 7.89. The zero-order valence-electron chi connectivity index (χ0n) is 16.7. The van der Waals surface area contributed by atoms with Crippen molar-refractivity contribution >= 4 is 29.0 Å². The van der Waals surface area contributed by atoms with Crippen molar-refractivity contribution in [2.24, 2.45) is 11.8 Å². The molecule has 8 heteroatoms. The summed E-state index contributed by atoms with van der Waals surface area (Å²) in [7, 11) is 0. The number of aliphatic hydroxyl groups is 1. The number of ether oxygens (including phenoxy) is 1. The van der Waals surface area contributed by atoms with E-state index in [4.69, 9.17) is 16.3 Å². The molecule has 2 saturated heterocycles. The van der Waals surface area contributed by atoms with Gasteiger partial charge in [0.25, 0.3) is 0 Å². The maximum absolute atomic E-state index is 12.4. The van der Waals surface area contributed by atoms with E-state index in [-0.39, 0.29) is 5.91 Å². The van der Waals surface area contributed by atoms with Crippen LogP contribution in [0.15, 0.2) is 36.5 Å². The highest BCUT2D eigenvalue weighted by Gasteiger charge is 2.31. The van der Waals surface area contributed by atoms with Gasteiger partial charge in [0.1, 0.15) is 5.82 Å². The molecule has 0 radical (unpaired) electrons. The number of carbonyl (C=O) groups excluding carboxylic acids is 1. The summed E-state index contributed by atoms with van der Waals surface area (Å²) in [6.45, 7) is 3.46. The molecule has 0 spiro atoms. The molecule has 4 N–H and O–H groups in total. The van der Waals surface area contributed by atoms with Crippen LogP contribution in [0.3, 0.4) is 0 Å². The van der Waals surface area contributed by atoms with E-state index in [1.807, 2.05) is 18.2 Å². The van der Waals surface area contributed by atoms with Gasteiger partial charge < -0.3 is 25.8 Å². The maximum atomic E-state index is 12.4. The van der Waals surface area contributed by atoms with Crippen molar-refractivity contribution in [1.82, 2.24) is 10.3 Å². The van der Waals surface area contributed by atoms with E-state index in [9.17, 15) is 9.90 Å². The molecule has 1 aromatic heterocycles. The molecule has 2 aliphatic heterocycles. The summed E-state index contributed by atoms with van der Waals surface area (Å²) >= 11 is 6.41. The first-order chi connectivity index (χ1) is 14.6. The minimum Gasteiger partial charge on any atom is -0.391 e. The summed E-state index contributed by atoms with van der Waals surface area (Å²) < 4.78 is 5.42. The van der Waals surface area contributed by atoms with Crippen LogP contribution in [0.1, 0.15) is 12.8 Å². The van der Waals surface area contributed by atoms with E-state index < -0.39 is 12.0 Å². The molecule has 2 fully saturated rings. The lowest BCUT2D eigenvalue weighted by atomic mass is 10.00. The molecule has 30 heavy (non-hydrogen) atoms. The molecule has 2 atom stereocenters. The van der Waals surface area contributed by atoms with Gasteiger partial charge in [0.15, 0.2) is 0 Å². The van der Waals surface area contributed by atoms with E-state index >= 15 is 0 Å². The fourth-order valence-corrected chi connectivity index (χ4v) is 4.10. The first-order valence-corrected chi connectivity index (χ1v) is 10.7. The second kappa shape index (κ2) is 9.75. The monoisotopic (exact) mass is 430 g/mol. The van der Waals surface area contributed by atoms with Gasteiger partial charge in [-0.05, 0) is 42.5 Å². The number of aromatic nitrogens is 1. The van der Waals surface area contributed by atoms with E-state index in [1.54, 1.807) is 6.07 Å². The summed E-state index contributed by atoms with van der Waals surface area (Å²) in [5, 5.41) is 19.7. The Balaban J connectivity index is 1.46. The van der Waals surface area contributed by atoms with Gasteiger partial charge in [-0.25, -0.2) is 4.98 Å². The molecule has 0 saturated carbocycles. The molecule has 4 rings (SSSR count). The van der Waals surface area contributed by atoms with Crippen LogP contribution < -0.4 is 16.0 Å². The van der Waals surface area contributed by atoms with Crippen LogP contribution in [0.5, 0.6) is 0 Å². The third kappa shape index (κ3) is 5.10. The number of pyridine rings is 1. The molecule has 1 amide bonds. The number of benzene rings is 1. The largest absolute Gasteiger partial charge is 0.391 e. The number of β-amino-alcohol motifs (C(OH)–C–C–N with tert-alkyl or cyclic N) is 1. The van der Waals surface area contributed by atoms with Crippen LogP contribution in [0.2, 0.25) is 5.02 Å². The van der Waals surface area contributed by atoms with Gasteiger partial charge in [0.05, 0.1) is 17.0 Å². The fraction of sp³-hybridized carbons (Fsp3) is 0.455. The van der Waals surface area contributed by atoms with Crippen LogP contribution in [0, 0.1) is 11.8 Å². The van der Waals surface area contributed by atoms with Crippen LogP contribution in [-0.2, 0) is 9.53 Å². The standard InChI is InChI=1S/C22H27ClN4O3/c23-19-12-26-21(27-22(29)18-11-24-13-20(18)28)9-17(19)15-2-1-3-16(8-15)25-10-14-4-6-30-7-5-14/h1-3,8-9,12,14,18,20,24-25,28H,4-7,10-11,13H2,(H,26,27,29)/t18-,20-/m0/s1. The summed E-state index contributed by atoms with van der Waals surface area (Å²) in [5.74, 6) is 0.303. The summed E-state index contributed by atoms with van der Waals surface area (Å²) in [4.78, 5) is 16.7. The zero-order valence-corrected chi connectivity index (χ0v) is 17.5. The first kappa shape index (κ1) is 21.1. The number of hydrogen-bond acceptors (Lipinski definition) is 6. The van der Waals surface area contributed by atoms with Gasteiger partial charge >= 0.3 is 0 Å². The number of anilines is 2. The van der Waals surface area contributed by atoms with E-state index in [1.165, 1.54) is 6.20 Å². The molecule has 160 valence electrons. The SMILES string of the molecule is O=C(Nc1cc(-c2cccc(NCC3CCOCC3)c2)c(Cl)cn1)[C@H]1CNC[C@@H]1O. The molecule has 2 aliphatic rings. The minimum absolute atomic E-state index is 0.250. The molecule has 0 bridgehead atoms. The van der Waals surface area contributed by atoms with Gasteiger partial charge in [-0.1, -0.05) is 23.7 Å². The van der Waals surface area contributed by atoms with E-state index in [0.29, 0.717) is 29.8 Å².